The predicted octanol–water partition coefficient (Wildman–Crippen LogP) is 9.29. The molecular weight excluding hydrogens is 628 g/mol. The summed E-state index contributed by atoms with van der Waals surface area (Å²) in [6, 6.07) is 15.5. The Kier molecular flexibility index (Phi) is 10.8. The van der Waals surface area contributed by atoms with Crippen molar-refractivity contribution in [1.82, 2.24) is 29.9 Å². The Morgan fingerprint density at radius 1 is 0.640 bits per heavy atom. The minimum absolute atomic E-state index is 0.0465. The quantitative estimate of drug-likeness (QED) is 0.137. The highest BCUT2D eigenvalue weighted by molar-refractivity contribution is 6.09. The molecular formula is C40H46N6O4. The molecule has 50 heavy (non-hydrogen) atoms. The summed E-state index contributed by atoms with van der Waals surface area (Å²) in [5.74, 6) is 1.71. The average Bonchev–Trinajstić information content (AvgIpc) is 3.72. The van der Waals surface area contributed by atoms with E-state index in [1.165, 1.54) is 0 Å². The molecule has 0 aliphatic carbocycles. The summed E-state index contributed by atoms with van der Waals surface area (Å²) >= 11 is 0. The molecule has 0 saturated heterocycles. The van der Waals surface area contributed by atoms with Crippen molar-refractivity contribution in [3.05, 3.63) is 84.4 Å². The van der Waals surface area contributed by atoms with Crippen molar-refractivity contribution in [1.29, 1.82) is 0 Å². The van der Waals surface area contributed by atoms with Crippen LogP contribution >= 0.6 is 0 Å². The lowest BCUT2D eigenvalue weighted by Crippen LogP contribution is -2.20. The van der Waals surface area contributed by atoms with Crippen molar-refractivity contribution in [2.75, 3.05) is 13.2 Å². The summed E-state index contributed by atoms with van der Waals surface area (Å²) in [6.07, 6.45) is 8.73. The maximum absolute atomic E-state index is 12.7. The van der Waals surface area contributed by atoms with Crippen LogP contribution in [-0.2, 0) is 0 Å². The van der Waals surface area contributed by atoms with Gasteiger partial charge >= 0.3 is 0 Å². The molecule has 0 aliphatic rings. The minimum Gasteiger partial charge on any atom is -0.494 e. The first kappa shape index (κ1) is 35.9. The van der Waals surface area contributed by atoms with Gasteiger partial charge < -0.3 is 19.4 Å². The van der Waals surface area contributed by atoms with E-state index in [1.807, 2.05) is 90.1 Å². The number of fused-ring (bicyclic) bond motifs is 2. The normalized spacial score (nSPS) is 11.7. The molecule has 10 nitrogen and oxygen atoms in total. The van der Waals surface area contributed by atoms with E-state index in [9.17, 15) is 9.59 Å². The third-order valence-electron chi connectivity index (χ3n) is 7.82. The summed E-state index contributed by atoms with van der Waals surface area (Å²) in [5.41, 5.74) is 5.94. The van der Waals surface area contributed by atoms with Crippen LogP contribution in [0.5, 0.6) is 11.5 Å². The summed E-state index contributed by atoms with van der Waals surface area (Å²) in [5, 5.41) is 0. The lowest BCUT2D eigenvalue weighted by Gasteiger charge is -2.15. The van der Waals surface area contributed by atoms with Gasteiger partial charge in [-0.25, -0.2) is 19.9 Å². The minimum atomic E-state index is -0.472. The van der Waals surface area contributed by atoms with E-state index in [-0.39, 0.29) is 11.6 Å². The number of ketones is 2. The molecule has 10 heteroatoms. The highest BCUT2D eigenvalue weighted by Gasteiger charge is 2.27. The number of Topliss-reactive ketones (excluding diaryl/α,β-unsaturated/α-hetero) is 2. The van der Waals surface area contributed by atoms with Crippen LogP contribution in [-0.4, -0.2) is 54.7 Å². The van der Waals surface area contributed by atoms with Gasteiger partial charge in [-0.3, -0.25) is 9.59 Å². The van der Waals surface area contributed by atoms with Gasteiger partial charge in [-0.05, 0) is 37.1 Å². The van der Waals surface area contributed by atoms with Crippen molar-refractivity contribution >= 4 is 33.9 Å². The third kappa shape index (κ3) is 8.25. The standard InChI is InChI=1S/2C20H23N3O2/c2*1-5-9-25-14-8-6-7-13(10-14)16-12-22-19-17(23-16)15(11-21-19)18(24)20(2,3)4/h2*6-8,10-12H,5,9H2,1-4H3,(H,21,22). The maximum atomic E-state index is 12.7. The Balaban J connectivity index is 0.000000194. The number of aromatic amines is 2. The van der Waals surface area contributed by atoms with Crippen molar-refractivity contribution in [3.63, 3.8) is 0 Å². The van der Waals surface area contributed by atoms with Crippen LogP contribution < -0.4 is 9.47 Å². The van der Waals surface area contributed by atoms with Crippen LogP contribution in [0.15, 0.2) is 73.3 Å². The molecule has 0 spiro atoms. The lowest BCUT2D eigenvalue weighted by molar-refractivity contribution is 0.0854. The topological polar surface area (TPSA) is 136 Å². The highest BCUT2D eigenvalue weighted by Crippen LogP contribution is 2.30. The average molecular weight is 675 g/mol. The van der Waals surface area contributed by atoms with Crippen LogP contribution in [0.3, 0.4) is 0 Å². The van der Waals surface area contributed by atoms with Gasteiger partial charge in [0.2, 0.25) is 0 Å². The first-order valence-corrected chi connectivity index (χ1v) is 17.0. The Hall–Kier alpha value is -5.38. The fourth-order valence-corrected chi connectivity index (χ4v) is 5.15. The number of hydrogen-bond acceptors (Lipinski definition) is 8. The number of nitrogens with zero attached hydrogens (tertiary/aromatic N) is 4. The second-order valence-electron chi connectivity index (χ2n) is 14.2. The van der Waals surface area contributed by atoms with Gasteiger partial charge in [0, 0.05) is 34.4 Å². The molecule has 4 heterocycles. The first-order valence-electron chi connectivity index (χ1n) is 17.0. The molecule has 0 unspecified atom stereocenters. The van der Waals surface area contributed by atoms with E-state index < -0.39 is 10.8 Å². The first-order chi connectivity index (χ1) is 23.8. The summed E-state index contributed by atoms with van der Waals surface area (Å²) < 4.78 is 11.4. The molecule has 0 aliphatic heterocycles. The molecule has 0 amide bonds. The zero-order valence-electron chi connectivity index (χ0n) is 30.2. The van der Waals surface area contributed by atoms with Crippen LogP contribution in [0.4, 0.5) is 0 Å². The second kappa shape index (κ2) is 15.0. The number of hydrogen-bond donors (Lipinski definition) is 2. The fourth-order valence-electron chi connectivity index (χ4n) is 5.15. The van der Waals surface area contributed by atoms with Crippen LogP contribution in [0.25, 0.3) is 44.8 Å². The number of ether oxygens (including phenoxy) is 2. The molecule has 0 fully saturated rings. The third-order valence-corrected chi connectivity index (χ3v) is 7.82. The molecule has 2 aromatic carbocycles. The molecule has 0 saturated carbocycles. The van der Waals surface area contributed by atoms with Gasteiger partial charge in [0.05, 0.1) is 48.1 Å². The monoisotopic (exact) mass is 674 g/mol. The van der Waals surface area contributed by atoms with Crippen LogP contribution in [0.2, 0.25) is 0 Å². The van der Waals surface area contributed by atoms with Gasteiger partial charge in [0.1, 0.15) is 22.5 Å². The zero-order chi connectivity index (χ0) is 36.1. The summed E-state index contributed by atoms with van der Waals surface area (Å²) in [4.78, 5) is 49.6. The Bertz CT molecular complexity index is 1960. The maximum Gasteiger partial charge on any atom is 0.171 e. The number of carbonyl (C=O) groups excluding carboxylic acids is 2. The van der Waals surface area contributed by atoms with Crippen molar-refractivity contribution in [2.45, 2.75) is 68.2 Å². The van der Waals surface area contributed by atoms with Crippen molar-refractivity contribution < 1.29 is 19.1 Å². The number of rotatable bonds is 10. The molecule has 260 valence electrons. The molecule has 0 bridgehead atoms. The molecule has 2 N–H and O–H groups in total. The largest absolute Gasteiger partial charge is 0.494 e. The van der Waals surface area contributed by atoms with Gasteiger partial charge in [0.15, 0.2) is 22.9 Å². The SMILES string of the molecule is CCCOc1cccc(-c2cnc3[nH]cc(C(=O)C(C)(C)C)c3n2)c1.CCCOc1cccc(-c2cnc3[nH]cc(C(=O)C(C)(C)C)c3n2)c1. The van der Waals surface area contributed by atoms with Gasteiger partial charge in [0.25, 0.3) is 0 Å². The van der Waals surface area contributed by atoms with Gasteiger partial charge in [-0.15, -0.1) is 0 Å². The molecule has 6 rings (SSSR count). The Morgan fingerprint density at radius 3 is 1.40 bits per heavy atom. The number of benzene rings is 2. The van der Waals surface area contributed by atoms with E-state index in [2.05, 4.69) is 33.8 Å². The van der Waals surface area contributed by atoms with E-state index in [1.54, 1.807) is 24.8 Å². The number of carbonyl (C=O) groups is 2. The van der Waals surface area contributed by atoms with Crippen molar-refractivity contribution in [2.24, 2.45) is 10.8 Å². The van der Waals surface area contributed by atoms with E-state index >= 15 is 0 Å². The molecule has 4 aromatic heterocycles. The number of aromatic nitrogens is 6. The lowest BCUT2D eigenvalue weighted by atomic mass is 9.87. The number of nitrogens with one attached hydrogen (secondary N) is 2. The van der Waals surface area contributed by atoms with Crippen LogP contribution in [0.1, 0.15) is 88.9 Å². The van der Waals surface area contributed by atoms with E-state index in [4.69, 9.17) is 19.4 Å². The summed E-state index contributed by atoms with van der Waals surface area (Å²) in [6.45, 7) is 16.9. The molecule has 6 aromatic rings. The predicted molar refractivity (Wildman–Crippen MR) is 198 cm³/mol. The zero-order valence-corrected chi connectivity index (χ0v) is 30.2. The van der Waals surface area contributed by atoms with E-state index in [0.29, 0.717) is 46.7 Å². The fraction of sp³-hybridized carbons (Fsp3) is 0.350. The van der Waals surface area contributed by atoms with E-state index in [0.717, 1.165) is 46.9 Å². The Morgan fingerprint density at radius 2 is 1.04 bits per heavy atom. The van der Waals surface area contributed by atoms with Gasteiger partial charge in [-0.1, -0.05) is 79.7 Å². The number of H-pyrrole nitrogens is 2. The van der Waals surface area contributed by atoms with Gasteiger partial charge in [-0.2, -0.15) is 0 Å². The molecule has 0 radical (unpaired) electrons. The smallest absolute Gasteiger partial charge is 0.171 e. The van der Waals surface area contributed by atoms with Crippen LogP contribution in [0, 0.1) is 10.8 Å². The molecule has 0 atom stereocenters. The highest BCUT2D eigenvalue weighted by atomic mass is 16.5. The Labute approximate surface area is 293 Å². The second-order valence-corrected chi connectivity index (χ2v) is 14.2. The summed E-state index contributed by atoms with van der Waals surface area (Å²) in [7, 11) is 0. The van der Waals surface area contributed by atoms with Crippen molar-refractivity contribution in [3.8, 4) is 34.0 Å².